The highest BCUT2D eigenvalue weighted by molar-refractivity contribution is 4.55. The van der Waals surface area contributed by atoms with Gasteiger partial charge in [0.25, 0.3) is 0 Å². The van der Waals surface area contributed by atoms with Crippen molar-refractivity contribution in [3.8, 4) is 0 Å². The molecule has 0 radical (unpaired) electrons. The Kier molecular flexibility index (Phi) is 14.1. The second kappa shape index (κ2) is 11.9. The van der Waals surface area contributed by atoms with E-state index in [1.54, 1.807) is 0 Å². The minimum Gasteiger partial charge on any atom is -0.317 e. The molecule has 2 aliphatic rings. The zero-order valence-corrected chi connectivity index (χ0v) is 7.36. The van der Waals surface area contributed by atoms with E-state index in [4.69, 9.17) is 0 Å². The maximum Gasteiger partial charge on any atom is -0.00484 e. The number of piperidine rings is 1. The van der Waals surface area contributed by atoms with Crippen molar-refractivity contribution in [2.24, 2.45) is 0 Å². The highest BCUT2D eigenvalue weighted by atomic mass is 14.9. The molecule has 13 heavy (non-hydrogen) atoms. The summed E-state index contributed by atoms with van der Waals surface area (Å²) in [5.41, 5.74) is 0. The van der Waals surface area contributed by atoms with Gasteiger partial charge in [0, 0.05) is 0 Å². The Hall–Kier alpha value is -0.0800. The van der Waals surface area contributed by atoms with Crippen molar-refractivity contribution in [3.63, 3.8) is 0 Å². The van der Waals surface area contributed by atoms with Crippen LogP contribution in [-0.4, -0.2) is 26.2 Å². The van der Waals surface area contributed by atoms with Gasteiger partial charge in [0.2, 0.25) is 0 Å². The lowest BCUT2D eigenvalue weighted by Gasteiger charge is -2.08. The third kappa shape index (κ3) is 9.84. The standard InChI is InChI=1S/C5H11N.C4H9N.2CH4/c1-2-4-6-5-3-1;1-2-4-5-3-1;;/h6H,1-5H2;5H,1-4H2;2*1H4. The monoisotopic (exact) mass is 188 g/mol. The molecule has 82 valence electrons. The van der Waals surface area contributed by atoms with Crippen LogP contribution in [0.3, 0.4) is 0 Å². The van der Waals surface area contributed by atoms with Crippen molar-refractivity contribution < 1.29 is 0 Å². The smallest absolute Gasteiger partial charge is 0.00484 e. The third-order valence-electron chi connectivity index (χ3n) is 2.16. The summed E-state index contributed by atoms with van der Waals surface area (Å²) in [7, 11) is 0. The van der Waals surface area contributed by atoms with Gasteiger partial charge < -0.3 is 10.6 Å². The van der Waals surface area contributed by atoms with Crippen molar-refractivity contribution in [2.45, 2.75) is 47.0 Å². The molecule has 2 rings (SSSR count). The van der Waals surface area contributed by atoms with Gasteiger partial charge in [-0.25, -0.2) is 0 Å². The van der Waals surface area contributed by atoms with E-state index in [0.29, 0.717) is 0 Å². The SMILES string of the molecule is C.C.C1CCNC1.C1CCNCC1. The van der Waals surface area contributed by atoms with Gasteiger partial charge in [0.05, 0.1) is 0 Å². The summed E-state index contributed by atoms with van der Waals surface area (Å²) in [4.78, 5) is 0. The largest absolute Gasteiger partial charge is 0.317 e. The summed E-state index contributed by atoms with van der Waals surface area (Å²) < 4.78 is 0. The van der Waals surface area contributed by atoms with E-state index in [2.05, 4.69) is 10.6 Å². The number of hydrogen-bond donors (Lipinski definition) is 2. The Bertz CT molecular complexity index is 57.0. The number of nitrogens with one attached hydrogen (secondary N) is 2. The molecule has 0 unspecified atom stereocenters. The predicted molar refractivity (Wildman–Crippen MR) is 62.3 cm³/mol. The fraction of sp³-hybridized carbons (Fsp3) is 1.00. The lowest BCUT2D eigenvalue weighted by molar-refractivity contribution is 0.520. The second-order valence-corrected chi connectivity index (χ2v) is 3.27. The van der Waals surface area contributed by atoms with E-state index in [1.165, 1.54) is 58.3 Å². The molecular weight excluding hydrogens is 160 g/mol. The average Bonchev–Trinajstić information content (AvgIpc) is 2.64. The van der Waals surface area contributed by atoms with Crippen molar-refractivity contribution in [3.05, 3.63) is 0 Å². The van der Waals surface area contributed by atoms with Crippen LogP contribution in [0.2, 0.25) is 0 Å². The van der Waals surface area contributed by atoms with E-state index in [1.807, 2.05) is 0 Å². The summed E-state index contributed by atoms with van der Waals surface area (Å²) in [5, 5.41) is 6.51. The van der Waals surface area contributed by atoms with Crippen molar-refractivity contribution in [1.29, 1.82) is 0 Å². The van der Waals surface area contributed by atoms with Gasteiger partial charge in [-0.1, -0.05) is 21.3 Å². The van der Waals surface area contributed by atoms with Gasteiger partial charge in [0.15, 0.2) is 0 Å². The van der Waals surface area contributed by atoms with Gasteiger partial charge >= 0.3 is 0 Å². The third-order valence-corrected chi connectivity index (χ3v) is 2.16. The molecule has 0 saturated carbocycles. The van der Waals surface area contributed by atoms with E-state index < -0.39 is 0 Å². The highest BCUT2D eigenvalue weighted by Gasteiger charge is 1.94. The van der Waals surface area contributed by atoms with Crippen LogP contribution in [0.25, 0.3) is 0 Å². The summed E-state index contributed by atoms with van der Waals surface area (Å²) in [5.74, 6) is 0. The molecule has 2 N–H and O–H groups in total. The molecule has 0 aliphatic carbocycles. The minimum atomic E-state index is 0. The lowest BCUT2D eigenvalue weighted by Crippen LogP contribution is -2.21. The first-order chi connectivity index (χ1) is 5.50. The number of rotatable bonds is 0. The fourth-order valence-corrected chi connectivity index (χ4v) is 1.43. The molecule has 0 aromatic carbocycles. The highest BCUT2D eigenvalue weighted by Crippen LogP contribution is 1.96. The van der Waals surface area contributed by atoms with Crippen LogP contribution in [0, 0.1) is 0 Å². The van der Waals surface area contributed by atoms with E-state index >= 15 is 0 Å². The Balaban J connectivity index is 0. The predicted octanol–water partition coefficient (Wildman–Crippen LogP) is 2.40. The van der Waals surface area contributed by atoms with Gasteiger partial charge in [0.1, 0.15) is 0 Å². The zero-order valence-electron chi connectivity index (χ0n) is 7.36. The van der Waals surface area contributed by atoms with Crippen LogP contribution in [0.5, 0.6) is 0 Å². The first-order valence-corrected chi connectivity index (χ1v) is 4.91. The minimum absolute atomic E-state index is 0. The van der Waals surface area contributed by atoms with Crippen molar-refractivity contribution in [2.75, 3.05) is 26.2 Å². The van der Waals surface area contributed by atoms with Crippen LogP contribution in [-0.2, 0) is 0 Å². The maximum absolute atomic E-state index is 3.28. The lowest BCUT2D eigenvalue weighted by atomic mass is 10.2. The summed E-state index contributed by atoms with van der Waals surface area (Å²) in [6.07, 6.45) is 6.99. The molecule has 0 aromatic rings. The molecule has 2 heterocycles. The summed E-state index contributed by atoms with van der Waals surface area (Å²) in [6.45, 7) is 5.00. The van der Waals surface area contributed by atoms with Crippen molar-refractivity contribution in [1.82, 2.24) is 10.6 Å². The van der Waals surface area contributed by atoms with Gasteiger partial charge in [-0.15, -0.1) is 0 Å². The van der Waals surface area contributed by atoms with E-state index in [9.17, 15) is 0 Å². The second-order valence-electron chi connectivity index (χ2n) is 3.27. The van der Waals surface area contributed by atoms with Crippen LogP contribution in [0.4, 0.5) is 0 Å². The van der Waals surface area contributed by atoms with Crippen LogP contribution >= 0.6 is 0 Å². The van der Waals surface area contributed by atoms with E-state index in [0.717, 1.165) is 0 Å². The first kappa shape index (κ1) is 15.4. The molecule has 2 aliphatic heterocycles. The molecule has 2 heteroatoms. The Morgan fingerprint density at radius 2 is 0.769 bits per heavy atom. The fourth-order valence-electron chi connectivity index (χ4n) is 1.43. The van der Waals surface area contributed by atoms with Crippen LogP contribution in [0.1, 0.15) is 47.0 Å². The molecule has 0 aromatic heterocycles. The molecular formula is C11H28N2. The first-order valence-electron chi connectivity index (χ1n) is 4.91. The van der Waals surface area contributed by atoms with E-state index in [-0.39, 0.29) is 14.9 Å². The van der Waals surface area contributed by atoms with Crippen LogP contribution < -0.4 is 10.6 Å². The Labute approximate surface area is 84.5 Å². The van der Waals surface area contributed by atoms with Gasteiger partial charge in [-0.05, 0) is 51.9 Å². The average molecular weight is 188 g/mol. The maximum atomic E-state index is 3.28. The molecule has 2 saturated heterocycles. The molecule has 0 bridgehead atoms. The van der Waals surface area contributed by atoms with Crippen molar-refractivity contribution >= 4 is 0 Å². The molecule has 0 atom stereocenters. The molecule has 2 nitrogen and oxygen atoms in total. The van der Waals surface area contributed by atoms with Crippen LogP contribution in [0.15, 0.2) is 0 Å². The molecule has 0 spiro atoms. The summed E-state index contributed by atoms with van der Waals surface area (Å²) >= 11 is 0. The quantitative estimate of drug-likeness (QED) is 0.610. The summed E-state index contributed by atoms with van der Waals surface area (Å²) in [6, 6.07) is 0. The molecule has 0 amide bonds. The normalized spacial score (nSPS) is 20.3. The Morgan fingerprint density at radius 1 is 0.462 bits per heavy atom. The Morgan fingerprint density at radius 3 is 0.923 bits per heavy atom. The molecule has 2 fully saturated rings. The number of hydrogen-bond acceptors (Lipinski definition) is 2. The van der Waals surface area contributed by atoms with Gasteiger partial charge in [-0.3, -0.25) is 0 Å². The van der Waals surface area contributed by atoms with Gasteiger partial charge in [-0.2, -0.15) is 0 Å². The zero-order chi connectivity index (χ0) is 7.78. The topological polar surface area (TPSA) is 24.1 Å².